The molecule has 6 nitrogen and oxygen atoms in total. The number of aliphatic carboxylic acids is 1. The second-order valence-corrected chi connectivity index (χ2v) is 5.81. The van der Waals surface area contributed by atoms with E-state index in [0.717, 1.165) is 0 Å². The first kappa shape index (κ1) is 17.7. The fraction of sp³-hybridized carbons (Fsp3) is 0.846. The van der Waals surface area contributed by atoms with Crippen LogP contribution in [-0.2, 0) is 4.79 Å². The molecule has 0 fully saturated rings. The molecule has 0 aliphatic carbocycles. The van der Waals surface area contributed by atoms with E-state index in [9.17, 15) is 9.59 Å². The summed E-state index contributed by atoms with van der Waals surface area (Å²) in [5.74, 6) is -0.646. The molecule has 19 heavy (non-hydrogen) atoms. The number of carboxylic acid groups (broad SMARTS) is 1. The summed E-state index contributed by atoms with van der Waals surface area (Å²) in [5.41, 5.74) is -0.105. The van der Waals surface area contributed by atoms with Crippen LogP contribution < -0.4 is 10.6 Å². The van der Waals surface area contributed by atoms with Crippen molar-refractivity contribution >= 4 is 12.0 Å². The van der Waals surface area contributed by atoms with Crippen LogP contribution in [0.3, 0.4) is 0 Å². The minimum Gasteiger partial charge on any atom is -0.481 e. The van der Waals surface area contributed by atoms with Gasteiger partial charge in [-0.05, 0) is 40.3 Å². The number of carbonyl (C=O) groups excluding carboxylic acids is 1. The summed E-state index contributed by atoms with van der Waals surface area (Å²) in [7, 11) is 3.93. The van der Waals surface area contributed by atoms with Gasteiger partial charge in [0.05, 0.1) is 0 Å². The van der Waals surface area contributed by atoms with Crippen LogP contribution in [0.2, 0.25) is 0 Å². The van der Waals surface area contributed by atoms with Crippen LogP contribution in [0.1, 0.15) is 33.6 Å². The van der Waals surface area contributed by atoms with Crippen molar-refractivity contribution in [3.05, 3.63) is 0 Å². The fourth-order valence-electron chi connectivity index (χ4n) is 1.26. The minimum atomic E-state index is -0.802. The van der Waals surface area contributed by atoms with E-state index in [1.165, 1.54) is 0 Å². The van der Waals surface area contributed by atoms with Gasteiger partial charge in [-0.2, -0.15) is 0 Å². The quantitative estimate of drug-likeness (QED) is 0.619. The predicted molar refractivity (Wildman–Crippen MR) is 75.2 cm³/mol. The maximum absolute atomic E-state index is 11.6. The molecule has 0 saturated carbocycles. The average Bonchev–Trinajstić information content (AvgIpc) is 2.31. The van der Waals surface area contributed by atoms with Gasteiger partial charge in [0.15, 0.2) is 0 Å². The average molecular weight is 273 g/mol. The topological polar surface area (TPSA) is 81.7 Å². The molecular weight excluding hydrogens is 246 g/mol. The largest absolute Gasteiger partial charge is 0.481 e. The van der Waals surface area contributed by atoms with E-state index in [1.54, 1.807) is 0 Å². The molecule has 0 bridgehead atoms. The van der Waals surface area contributed by atoms with Gasteiger partial charge in [0, 0.05) is 25.0 Å². The first-order valence-electron chi connectivity index (χ1n) is 6.56. The van der Waals surface area contributed by atoms with Gasteiger partial charge in [-0.1, -0.05) is 6.92 Å². The Kier molecular flexibility index (Phi) is 7.44. The number of carbonyl (C=O) groups is 2. The Hall–Kier alpha value is -1.30. The molecule has 2 amide bonds. The maximum Gasteiger partial charge on any atom is 0.314 e. The van der Waals surface area contributed by atoms with E-state index < -0.39 is 5.97 Å². The molecule has 1 unspecified atom stereocenters. The summed E-state index contributed by atoms with van der Waals surface area (Å²) < 4.78 is 0. The number of nitrogens with one attached hydrogen (secondary N) is 2. The molecular formula is C13H27N3O3. The van der Waals surface area contributed by atoms with Crippen LogP contribution in [0.15, 0.2) is 0 Å². The lowest BCUT2D eigenvalue weighted by molar-refractivity contribution is -0.137. The molecule has 0 rings (SSSR count). The smallest absolute Gasteiger partial charge is 0.314 e. The maximum atomic E-state index is 11.6. The normalized spacial score (nSPS) is 13.2. The summed E-state index contributed by atoms with van der Waals surface area (Å²) in [4.78, 5) is 24.1. The van der Waals surface area contributed by atoms with Gasteiger partial charge in [-0.15, -0.1) is 0 Å². The van der Waals surface area contributed by atoms with E-state index in [0.29, 0.717) is 19.5 Å². The second kappa shape index (κ2) is 7.99. The Morgan fingerprint density at radius 1 is 1.26 bits per heavy atom. The fourth-order valence-corrected chi connectivity index (χ4v) is 1.26. The van der Waals surface area contributed by atoms with Crippen LogP contribution in [-0.4, -0.2) is 54.7 Å². The number of nitrogens with zero attached hydrogens (tertiary/aromatic N) is 1. The SMILES string of the molecule is CC(CCC(=O)O)CNC(=O)NCC(C)(C)N(C)C. The molecule has 0 aromatic carbocycles. The Morgan fingerprint density at radius 2 is 1.84 bits per heavy atom. The highest BCUT2D eigenvalue weighted by Gasteiger charge is 2.20. The highest BCUT2D eigenvalue weighted by atomic mass is 16.4. The Balaban J connectivity index is 3.84. The lowest BCUT2D eigenvalue weighted by atomic mass is 10.0. The van der Waals surface area contributed by atoms with Gasteiger partial charge in [-0.3, -0.25) is 4.79 Å². The lowest BCUT2D eigenvalue weighted by Gasteiger charge is -2.32. The van der Waals surface area contributed by atoms with Crippen LogP contribution in [0.5, 0.6) is 0 Å². The Labute approximate surface area is 115 Å². The molecule has 1 atom stereocenters. The third kappa shape index (κ3) is 8.42. The van der Waals surface area contributed by atoms with Gasteiger partial charge in [0.2, 0.25) is 0 Å². The number of urea groups is 1. The summed E-state index contributed by atoms with van der Waals surface area (Å²) in [6.07, 6.45) is 0.705. The predicted octanol–water partition coefficient (Wildman–Crippen LogP) is 1.13. The number of amides is 2. The Bertz CT molecular complexity index is 304. The zero-order chi connectivity index (χ0) is 15.1. The first-order valence-corrected chi connectivity index (χ1v) is 6.56. The number of hydrogen-bond acceptors (Lipinski definition) is 3. The zero-order valence-electron chi connectivity index (χ0n) is 12.6. The van der Waals surface area contributed by atoms with Crippen molar-refractivity contribution in [3.8, 4) is 0 Å². The van der Waals surface area contributed by atoms with E-state index in [2.05, 4.69) is 10.6 Å². The van der Waals surface area contributed by atoms with Gasteiger partial charge in [0.1, 0.15) is 0 Å². The second-order valence-electron chi connectivity index (χ2n) is 5.81. The first-order chi connectivity index (χ1) is 8.65. The molecule has 3 N–H and O–H groups in total. The highest BCUT2D eigenvalue weighted by Crippen LogP contribution is 2.07. The van der Waals surface area contributed by atoms with E-state index in [-0.39, 0.29) is 23.9 Å². The van der Waals surface area contributed by atoms with Gasteiger partial charge in [0.25, 0.3) is 0 Å². The van der Waals surface area contributed by atoms with Crippen molar-refractivity contribution < 1.29 is 14.7 Å². The molecule has 0 aliphatic rings. The molecule has 6 heteroatoms. The van der Waals surface area contributed by atoms with Crippen molar-refractivity contribution in [1.29, 1.82) is 0 Å². The van der Waals surface area contributed by atoms with Crippen LogP contribution in [0, 0.1) is 5.92 Å². The standard InChI is InChI=1S/C13H27N3O3/c1-10(6-7-11(17)18)8-14-12(19)15-9-13(2,3)16(4)5/h10H,6-9H2,1-5H3,(H,17,18)(H2,14,15,19). The van der Waals surface area contributed by atoms with Crippen LogP contribution in [0.4, 0.5) is 4.79 Å². The molecule has 0 radical (unpaired) electrons. The molecule has 0 saturated heterocycles. The van der Waals surface area contributed by atoms with Crippen molar-refractivity contribution in [3.63, 3.8) is 0 Å². The number of likely N-dealkylation sites (N-methyl/N-ethyl adjacent to an activating group) is 1. The molecule has 0 aliphatic heterocycles. The lowest BCUT2D eigenvalue weighted by Crippen LogP contribution is -2.50. The summed E-state index contributed by atoms with van der Waals surface area (Å²) in [5, 5.41) is 14.1. The van der Waals surface area contributed by atoms with Gasteiger partial charge in [-0.25, -0.2) is 4.79 Å². The van der Waals surface area contributed by atoms with Crippen molar-refractivity contribution in [2.45, 2.75) is 39.2 Å². The Morgan fingerprint density at radius 3 is 2.32 bits per heavy atom. The van der Waals surface area contributed by atoms with Crippen molar-refractivity contribution in [1.82, 2.24) is 15.5 Å². The van der Waals surface area contributed by atoms with Gasteiger partial charge < -0.3 is 20.6 Å². The monoisotopic (exact) mass is 273 g/mol. The van der Waals surface area contributed by atoms with E-state index in [1.807, 2.05) is 39.8 Å². The van der Waals surface area contributed by atoms with E-state index in [4.69, 9.17) is 5.11 Å². The third-order valence-electron chi connectivity index (χ3n) is 3.35. The van der Waals surface area contributed by atoms with Crippen molar-refractivity contribution in [2.24, 2.45) is 5.92 Å². The molecule has 0 aromatic heterocycles. The minimum absolute atomic E-state index is 0.105. The van der Waals surface area contributed by atoms with Crippen LogP contribution in [0.25, 0.3) is 0 Å². The molecule has 0 aromatic rings. The number of carboxylic acids is 1. The van der Waals surface area contributed by atoms with E-state index >= 15 is 0 Å². The van der Waals surface area contributed by atoms with Crippen LogP contribution >= 0.6 is 0 Å². The third-order valence-corrected chi connectivity index (χ3v) is 3.35. The van der Waals surface area contributed by atoms with Crippen molar-refractivity contribution in [2.75, 3.05) is 27.2 Å². The number of rotatable bonds is 8. The molecule has 0 heterocycles. The van der Waals surface area contributed by atoms with Gasteiger partial charge >= 0.3 is 12.0 Å². The molecule has 112 valence electrons. The molecule has 0 spiro atoms. The zero-order valence-corrected chi connectivity index (χ0v) is 12.6. The number of hydrogen-bond donors (Lipinski definition) is 3. The summed E-state index contributed by atoms with van der Waals surface area (Å²) >= 11 is 0. The summed E-state index contributed by atoms with van der Waals surface area (Å²) in [6, 6.07) is -0.211. The highest BCUT2D eigenvalue weighted by molar-refractivity contribution is 5.73. The summed E-state index contributed by atoms with van der Waals surface area (Å²) in [6.45, 7) is 7.05.